The molecule has 0 amide bonds. The molecule has 0 aromatic heterocycles. The van der Waals surface area contributed by atoms with E-state index in [2.05, 4.69) is 18.4 Å². The summed E-state index contributed by atoms with van der Waals surface area (Å²) < 4.78 is 0. The van der Waals surface area contributed by atoms with E-state index in [0.29, 0.717) is 16.1 Å². The van der Waals surface area contributed by atoms with Gasteiger partial charge in [0, 0.05) is 30.3 Å². The minimum Gasteiger partial charge on any atom is -0.372 e. The summed E-state index contributed by atoms with van der Waals surface area (Å²) in [7, 11) is 0. The van der Waals surface area contributed by atoms with Gasteiger partial charge in [0.1, 0.15) is 0 Å². The standard InChI is InChI=1S/C23H27Cl2N.ClH/c1-3-26(20-12-8-5-9-13-20)17(2)14-18-15-21(24)23(22(25)16-18)19-10-6-4-7-11-19;/h4,6-7,10-11,15-16,20H,2-3,5,8-9,12-14H2,1H3;1H. The lowest BCUT2D eigenvalue weighted by atomic mass is 9.93. The Labute approximate surface area is 179 Å². The molecule has 146 valence electrons. The monoisotopic (exact) mass is 423 g/mol. The Morgan fingerprint density at radius 2 is 1.63 bits per heavy atom. The Kier molecular flexibility index (Phi) is 8.54. The van der Waals surface area contributed by atoms with Crippen molar-refractivity contribution < 1.29 is 0 Å². The van der Waals surface area contributed by atoms with Crippen molar-refractivity contribution in [2.45, 2.75) is 51.5 Å². The van der Waals surface area contributed by atoms with Crippen LogP contribution in [0.25, 0.3) is 11.1 Å². The maximum Gasteiger partial charge on any atom is 0.0502 e. The van der Waals surface area contributed by atoms with Crippen molar-refractivity contribution in [3.63, 3.8) is 0 Å². The molecule has 2 aromatic carbocycles. The zero-order valence-corrected chi connectivity index (χ0v) is 18.2. The fourth-order valence-corrected chi connectivity index (χ4v) is 4.83. The average molecular weight is 425 g/mol. The van der Waals surface area contributed by atoms with E-state index < -0.39 is 0 Å². The van der Waals surface area contributed by atoms with Crippen LogP contribution in [-0.4, -0.2) is 17.5 Å². The van der Waals surface area contributed by atoms with Gasteiger partial charge in [-0.15, -0.1) is 12.4 Å². The zero-order chi connectivity index (χ0) is 18.5. The van der Waals surface area contributed by atoms with Crippen LogP contribution in [-0.2, 0) is 6.42 Å². The first-order valence-electron chi connectivity index (χ1n) is 9.58. The van der Waals surface area contributed by atoms with Crippen LogP contribution < -0.4 is 0 Å². The molecule has 3 rings (SSSR count). The maximum absolute atomic E-state index is 6.59. The van der Waals surface area contributed by atoms with Crippen molar-refractivity contribution >= 4 is 35.6 Å². The highest BCUT2D eigenvalue weighted by Crippen LogP contribution is 2.36. The van der Waals surface area contributed by atoms with Crippen molar-refractivity contribution in [1.82, 2.24) is 4.90 Å². The van der Waals surface area contributed by atoms with Crippen molar-refractivity contribution in [2.75, 3.05) is 6.54 Å². The van der Waals surface area contributed by atoms with Gasteiger partial charge in [0.05, 0.1) is 10.0 Å². The zero-order valence-electron chi connectivity index (χ0n) is 15.9. The van der Waals surface area contributed by atoms with Crippen molar-refractivity contribution in [1.29, 1.82) is 0 Å². The molecule has 0 aliphatic heterocycles. The third-order valence-corrected chi connectivity index (χ3v) is 5.93. The Balaban J connectivity index is 0.00000261. The number of hydrogen-bond donors (Lipinski definition) is 0. The summed E-state index contributed by atoms with van der Waals surface area (Å²) in [6.07, 6.45) is 7.38. The van der Waals surface area contributed by atoms with Gasteiger partial charge in [-0.05, 0) is 43.0 Å². The molecule has 0 N–H and O–H groups in total. The lowest BCUT2D eigenvalue weighted by Gasteiger charge is -2.36. The van der Waals surface area contributed by atoms with E-state index in [1.54, 1.807) is 0 Å². The molecule has 0 atom stereocenters. The second-order valence-corrected chi connectivity index (χ2v) is 7.94. The second-order valence-electron chi connectivity index (χ2n) is 7.12. The summed E-state index contributed by atoms with van der Waals surface area (Å²) in [5.41, 5.74) is 4.24. The van der Waals surface area contributed by atoms with Crippen molar-refractivity contribution in [3.8, 4) is 11.1 Å². The molecule has 1 nitrogen and oxygen atoms in total. The number of likely N-dealkylation sites (N-methyl/N-ethyl adjacent to an activating group) is 1. The van der Waals surface area contributed by atoms with Crippen molar-refractivity contribution in [3.05, 3.63) is 70.3 Å². The van der Waals surface area contributed by atoms with Gasteiger partial charge in [-0.1, -0.05) is 79.4 Å². The van der Waals surface area contributed by atoms with Gasteiger partial charge in [0.15, 0.2) is 0 Å². The topological polar surface area (TPSA) is 3.24 Å². The highest BCUT2D eigenvalue weighted by molar-refractivity contribution is 6.39. The highest BCUT2D eigenvalue weighted by Gasteiger charge is 2.21. The lowest BCUT2D eigenvalue weighted by molar-refractivity contribution is 0.205. The summed E-state index contributed by atoms with van der Waals surface area (Å²) in [5, 5.41) is 1.40. The minimum absolute atomic E-state index is 0. The van der Waals surface area contributed by atoms with Gasteiger partial charge in [0.2, 0.25) is 0 Å². The smallest absolute Gasteiger partial charge is 0.0502 e. The van der Waals surface area contributed by atoms with Crippen LogP contribution in [0.15, 0.2) is 54.7 Å². The van der Waals surface area contributed by atoms with E-state index in [4.69, 9.17) is 23.2 Å². The molecule has 4 heteroatoms. The molecular weight excluding hydrogens is 397 g/mol. The number of benzene rings is 2. The molecule has 0 radical (unpaired) electrons. The fraction of sp³-hybridized carbons (Fsp3) is 0.391. The summed E-state index contributed by atoms with van der Waals surface area (Å²) in [6, 6.07) is 14.8. The SMILES string of the molecule is C=C(Cc1cc(Cl)c(-c2ccccc2)c(Cl)c1)N(CC)C1CCCCC1.Cl. The number of nitrogens with zero attached hydrogens (tertiary/aromatic N) is 1. The Morgan fingerprint density at radius 3 is 2.19 bits per heavy atom. The summed E-state index contributed by atoms with van der Waals surface area (Å²) in [5.74, 6) is 0. The van der Waals surface area contributed by atoms with Gasteiger partial charge in [-0.3, -0.25) is 0 Å². The third kappa shape index (κ3) is 5.44. The molecule has 27 heavy (non-hydrogen) atoms. The molecule has 1 fully saturated rings. The normalized spacial score (nSPS) is 14.5. The van der Waals surface area contributed by atoms with Gasteiger partial charge >= 0.3 is 0 Å². The van der Waals surface area contributed by atoms with Crippen LogP contribution in [0.2, 0.25) is 10.0 Å². The number of allylic oxidation sites excluding steroid dienone is 1. The molecular formula is C23H28Cl3N. The molecule has 1 aliphatic rings. The number of hydrogen-bond acceptors (Lipinski definition) is 1. The van der Waals surface area contributed by atoms with E-state index in [0.717, 1.165) is 29.7 Å². The molecule has 0 spiro atoms. The summed E-state index contributed by atoms with van der Waals surface area (Å²) in [6.45, 7) is 7.60. The van der Waals surface area contributed by atoms with Crippen LogP contribution >= 0.6 is 35.6 Å². The van der Waals surface area contributed by atoms with E-state index in [1.165, 1.54) is 37.8 Å². The van der Waals surface area contributed by atoms with Gasteiger partial charge in [0.25, 0.3) is 0 Å². The van der Waals surface area contributed by atoms with Crippen LogP contribution in [0.5, 0.6) is 0 Å². The average Bonchev–Trinajstić information content (AvgIpc) is 2.63. The van der Waals surface area contributed by atoms with Crippen LogP contribution in [0.4, 0.5) is 0 Å². The predicted molar refractivity (Wildman–Crippen MR) is 121 cm³/mol. The summed E-state index contributed by atoms with van der Waals surface area (Å²) >= 11 is 13.2. The third-order valence-electron chi connectivity index (χ3n) is 5.33. The molecule has 0 bridgehead atoms. The lowest BCUT2D eigenvalue weighted by Crippen LogP contribution is -2.36. The second kappa shape index (κ2) is 10.4. The quantitative estimate of drug-likeness (QED) is 0.457. The Hall–Kier alpha value is -1.15. The fourth-order valence-electron chi connectivity index (χ4n) is 4.08. The first-order valence-corrected chi connectivity index (χ1v) is 10.3. The van der Waals surface area contributed by atoms with Crippen LogP contribution in [0.3, 0.4) is 0 Å². The molecule has 0 saturated heterocycles. The summed E-state index contributed by atoms with van der Waals surface area (Å²) in [4.78, 5) is 2.48. The van der Waals surface area contributed by atoms with Crippen LogP contribution in [0, 0.1) is 0 Å². The largest absolute Gasteiger partial charge is 0.372 e. The van der Waals surface area contributed by atoms with Gasteiger partial charge in [-0.25, -0.2) is 0 Å². The molecule has 0 heterocycles. The van der Waals surface area contributed by atoms with E-state index in [-0.39, 0.29) is 12.4 Å². The molecule has 1 saturated carbocycles. The predicted octanol–water partition coefficient (Wildman–Crippen LogP) is 7.79. The van der Waals surface area contributed by atoms with Crippen LogP contribution in [0.1, 0.15) is 44.6 Å². The van der Waals surface area contributed by atoms with E-state index in [1.807, 2.05) is 42.5 Å². The molecule has 0 unspecified atom stereocenters. The van der Waals surface area contributed by atoms with Gasteiger partial charge in [-0.2, -0.15) is 0 Å². The number of rotatable bonds is 6. The first kappa shape index (κ1) is 22.1. The highest BCUT2D eigenvalue weighted by atomic mass is 35.5. The maximum atomic E-state index is 6.59. The molecule has 2 aromatic rings. The molecule has 1 aliphatic carbocycles. The minimum atomic E-state index is 0. The van der Waals surface area contributed by atoms with E-state index in [9.17, 15) is 0 Å². The Morgan fingerprint density at radius 1 is 1.04 bits per heavy atom. The first-order chi connectivity index (χ1) is 12.6. The number of halogens is 3. The van der Waals surface area contributed by atoms with Gasteiger partial charge < -0.3 is 4.90 Å². The van der Waals surface area contributed by atoms with Crippen molar-refractivity contribution in [2.24, 2.45) is 0 Å². The Bertz CT molecular complexity index is 728. The van der Waals surface area contributed by atoms with E-state index >= 15 is 0 Å².